The summed E-state index contributed by atoms with van der Waals surface area (Å²) < 4.78 is 26.3. The summed E-state index contributed by atoms with van der Waals surface area (Å²) in [4.78, 5) is 0.0175. The minimum atomic E-state index is -3.62. The molecule has 1 unspecified atom stereocenters. The van der Waals surface area contributed by atoms with E-state index in [1.807, 2.05) is 0 Å². The number of nitrogens with one attached hydrogen (secondary N) is 1. The Bertz CT molecular complexity index is 503. The number of nitrogens with two attached hydrogens (primary N) is 1. The molecular weight excluding hydrogens is 276 g/mol. The van der Waals surface area contributed by atoms with Crippen LogP contribution in [0.25, 0.3) is 0 Å². The van der Waals surface area contributed by atoms with Gasteiger partial charge in [-0.3, -0.25) is 0 Å². The average Bonchev–Trinajstić information content (AvgIpc) is 2.23. The SMILES string of the molecule is CC(O)CCCNS(=O)(=O)c1ccc(Cl)cc1N. The summed E-state index contributed by atoms with van der Waals surface area (Å²) in [5, 5.41) is 9.45. The number of aliphatic hydroxyl groups excluding tert-OH is 1. The zero-order valence-corrected chi connectivity index (χ0v) is 11.6. The van der Waals surface area contributed by atoms with E-state index in [1.165, 1.54) is 18.2 Å². The van der Waals surface area contributed by atoms with E-state index in [1.54, 1.807) is 6.92 Å². The highest BCUT2D eigenvalue weighted by Gasteiger charge is 2.16. The fourth-order valence-electron chi connectivity index (χ4n) is 1.45. The molecule has 0 saturated carbocycles. The largest absolute Gasteiger partial charge is 0.398 e. The monoisotopic (exact) mass is 292 g/mol. The number of benzene rings is 1. The lowest BCUT2D eigenvalue weighted by Crippen LogP contribution is -2.26. The van der Waals surface area contributed by atoms with E-state index in [4.69, 9.17) is 22.4 Å². The first-order valence-corrected chi connectivity index (χ1v) is 7.42. The molecule has 102 valence electrons. The van der Waals surface area contributed by atoms with Crippen molar-refractivity contribution in [2.45, 2.75) is 30.8 Å². The number of nitrogen functional groups attached to an aromatic ring is 1. The van der Waals surface area contributed by atoms with Gasteiger partial charge in [-0.05, 0) is 38.0 Å². The molecule has 0 aliphatic heterocycles. The van der Waals surface area contributed by atoms with E-state index in [9.17, 15) is 8.42 Å². The van der Waals surface area contributed by atoms with Crippen LogP contribution >= 0.6 is 11.6 Å². The van der Waals surface area contributed by atoms with Crippen LogP contribution in [0.4, 0.5) is 5.69 Å². The number of hydrogen-bond donors (Lipinski definition) is 3. The van der Waals surface area contributed by atoms with Gasteiger partial charge in [0.2, 0.25) is 10.0 Å². The second kappa shape index (κ2) is 6.38. The number of aliphatic hydroxyl groups is 1. The molecule has 7 heteroatoms. The topological polar surface area (TPSA) is 92.4 Å². The number of halogens is 1. The summed E-state index contributed by atoms with van der Waals surface area (Å²) in [7, 11) is -3.62. The normalized spacial score (nSPS) is 13.5. The van der Waals surface area contributed by atoms with Crippen molar-refractivity contribution in [1.82, 2.24) is 4.72 Å². The Balaban J connectivity index is 2.69. The second-order valence-electron chi connectivity index (χ2n) is 4.07. The van der Waals surface area contributed by atoms with Crippen LogP contribution in [0.3, 0.4) is 0 Å². The number of hydrogen-bond acceptors (Lipinski definition) is 4. The molecule has 0 aromatic heterocycles. The fraction of sp³-hybridized carbons (Fsp3) is 0.455. The first kappa shape index (κ1) is 15.2. The van der Waals surface area contributed by atoms with Gasteiger partial charge >= 0.3 is 0 Å². The van der Waals surface area contributed by atoms with E-state index in [0.29, 0.717) is 17.9 Å². The molecule has 0 amide bonds. The molecule has 1 atom stereocenters. The molecule has 18 heavy (non-hydrogen) atoms. The number of sulfonamides is 1. The maximum absolute atomic E-state index is 11.9. The Morgan fingerprint density at radius 3 is 2.72 bits per heavy atom. The highest BCUT2D eigenvalue weighted by atomic mass is 35.5. The fourth-order valence-corrected chi connectivity index (χ4v) is 2.81. The summed E-state index contributed by atoms with van der Waals surface area (Å²) >= 11 is 5.71. The smallest absolute Gasteiger partial charge is 0.242 e. The molecule has 1 rings (SSSR count). The first-order chi connectivity index (χ1) is 8.33. The lowest BCUT2D eigenvalue weighted by Gasteiger charge is -2.09. The molecule has 0 radical (unpaired) electrons. The third kappa shape index (κ3) is 4.45. The first-order valence-electron chi connectivity index (χ1n) is 5.55. The summed E-state index contributed by atoms with van der Waals surface area (Å²) in [6.07, 6.45) is 0.665. The summed E-state index contributed by atoms with van der Waals surface area (Å²) in [5.41, 5.74) is 5.73. The minimum absolute atomic E-state index is 0.0175. The van der Waals surface area contributed by atoms with Crippen LogP contribution in [-0.2, 0) is 10.0 Å². The second-order valence-corrected chi connectivity index (χ2v) is 6.24. The molecule has 4 N–H and O–H groups in total. The third-order valence-corrected chi connectivity index (χ3v) is 4.12. The molecule has 5 nitrogen and oxygen atoms in total. The van der Waals surface area contributed by atoms with Crippen molar-refractivity contribution >= 4 is 27.3 Å². The van der Waals surface area contributed by atoms with Crippen LogP contribution in [0.5, 0.6) is 0 Å². The minimum Gasteiger partial charge on any atom is -0.398 e. The number of anilines is 1. The zero-order chi connectivity index (χ0) is 13.8. The molecule has 0 bridgehead atoms. The van der Waals surface area contributed by atoms with E-state index < -0.39 is 16.1 Å². The zero-order valence-electron chi connectivity index (χ0n) is 10.1. The highest BCUT2D eigenvalue weighted by molar-refractivity contribution is 7.89. The predicted octanol–water partition coefficient (Wildman–Crippen LogP) is 1.36. The van der Waals surface area contributed by atoms with Crippen LogP contribution in [-0.4, -0.2) is 26.2 Å². The quantitative estimate of drug-likeness (QED) is 0.545. The summed E-state index contributed by atoms with van der Waals surface area (Å²) in [6, 6.07) is 4.24. The van der Waals surface area contributed by atoms with Crippen molar-refractivity contribution in [1.29, 1.82) is 0 Å². The van der Waals surface area contributed by atoms with Gasteiger partial charge in [-0.15, -0.1) is 0 Å². The van der Waals surface area contributed by atoms with Crippen LogP contribution in [0.1, 0.15) is 19.8 Å². The van der Waals surface area contributed by atoms with Crippen molar-refractivity contribution in [3.63, 3.8) is 0 Å². The molecule has 1 aromatic carbocycles. The van der Waals surface area contributed by atoms with Crippen molar-refractivity contribution in [2.24, 2.45) is 0 Å². The van der Waals surface area contributed by atoms with Gasteiger partial charge in [0.05, 0.1) is 11.8 Å². The van der Waals surface area contributed by atoms with Crippen molar-refractivity contribution in [3.8, 4) is 0 Å². The summed E-state index contributed by atoms with van der Waals surface area (Å²) in [5.74, 6) is 0. The molecule has 0 aliphatic carbocycles. The predicted molar refractivity (Wildman–Crippen MR) is 72.0 cm³/mol. The number of rotatable bonds is 6. The Labute approximate surface area is 112 Å². The van der Waals surface area contributed by atoms with Crippen LogP contribution in [0.2, 0.25) is 5.02 Å². The lowest BCUT2D eigenvalue weighted by molar-refractivity contribution is 0.182. The lowest BCUT2D eigenvalue weighted by atomic mass is 10.2. The van der Waals surface area contributed by atoms with Crippen LogP contribution < -0.4 is 10.5 Å². The van der Waals surface area contributed by atoms with E-state index in [-0.39, 0.29) is 17.1 Å². The molecule has 0 spiro atoms. The summed E-state index contributed by atoms with van der Waals surface area (Å²) in [6.45, 7) is 1.92. The molecule has 1 aromatic rings. The van der Waals surface area contributed by atoms with Crippen LogP contribution in [0.15, 0.2) is 23.1 Å². The van der Waals surface area contributed by atoms with Gasteiger partial charge in [-0.2, -0.15) is 0 Å². The maximum atomic E-state index is 11.9. The Kier molecular flexibility index (Phi) is 5.40. The van der Waals surface area contributed by atoms with Gasteiger partial charge in [-0.25, -0.2) is 13.1 Å². The Morgan fingerprint density at radius 2 is 2.17 bits per heavy atom. The molecule has 0 aliphatic rings. The van der Waals surface area contributed by atoms with Gasteiger partial charge in [0.1, 0.15) is 4.90 Å². The average molecular weight is 293 g/mol. The Morgan fingerprint density at radius 1 is 1.50 bits per heavy atom. The van der Waals surface area contributed by atoms with Gasteiger partial charge in [0, 0.05) is 11.6 Å². The molecular formula is C11H17ClN2O3S. The Hall–Kier alpha value is -0.820. The maximum Gasteiger partial charge on any atom is 0.242 e. The van der Waals surface area contributed by atoms with Gasteiger partial charge in [0.15, 0.2) is 0 Å². The van der Waals surface area contributed by atoms with Gasteiger partial charge in [-0.1, -0.05) is 11.6 Å². The standard InChI is InChI=1S/C11H17ClN2O3S/c1-8(15)3-2-6-14-18(16,17)11-5-4-9(12)7-10(11)13/h4-5,7-8,14-15H,2-3,6,13H2,1H3. The van der Waals surface area contributed by atoms with Crippen molar-refractivity contribution in [2.75, 3.05) is 12.3 Å². The van der Waals surface area contributed by atoms with E-state index >= 15 is 0 Å². The van der Waals surface area contributed by atoms with Gasteiger partial charge in [0.25, 0.3) is 0 Å². The highest BCUT2D eigenvalue weighted by Crippen LogP contribution is 2.22. The molecule has 0 fully saturated rings. The third-order valence-electron chi connectivity index (χ3n) is 2.35. The van der Waals surface area contributed by atoms with Gasteiger partial charge < -0.3 is 10.8 Å². The van der Waals surface area contributed by atoms with E-state index in [0.717, 1.165) is 0 Å². The van der Waals surface area contributed by atoms with Crippen molar-refractivity contribution < 1.29 is 13.5 Å². The molecule has 0 heterocycles. The van der Waals surface area contributed by atoms with Crippen molar-refractivity contribution in [3.05, 3.63) is 23.2 Å². The van der Waals surface area contributed by atoms with E-state index in [2.05, 4.69) is 4.72 Å². The van der Waals surface area contributed by atoms with Crippen LogP contribution in [0, 0.1) is 0 Å². The molecule has 0 saturated heterocycles.